The fourth-order valence-corrected chi connectivity index (χ4v) is 1.64. The first-order chi connectivity index (χ1) is 8.66. The standard InChI is InChI=1S/C13H12ClN3O/c1-9(10-5-3-2-4-6-10)12(18)17-13-15-8-7-11(14)16-13/h2-9H,1H3,(H,15,16,17,18). The summed E-state index contributed by atoms with van der Waals surface area (Å²) in [6.07, 6.45) is 1.50. The number of hydrogen-bond donors (Lipinski definition) is 1. The molecule has 0 aliphatic carbocycles. The molecule has 18 heavy (non-hydrogen) atoms. The fourth-order valence-electron chi connectivity index (χ4n) is 1.51. The van der Waals surface area contributed by atoms with Gasteiger partial charge in [0, 0.05) is 6.20 Å². The maximum absolute atomic E-state index is 12.0. The maximum Gasteiger partial charge on any atom is 0.233 e. The molecule has 4 nitrogen and oxygen atoms in total. The van der Waals surface area contributed by atoms with Crippen molar-refractivity contribution in [2.75, 3.05) is 5.32 Å². The van der Waals surface area contributed by atoms with Crippen molar-refractivity contribution in [3.8, 4) is 0 Å². The van der Waals surface area contributed by atoms with Gasteiger partial charge in [-0.25, -0.2) is 9.97 Å². The van der Waals surface area contributed by atoms with Crippen LogP contribution >= 0.6 is 11.6 Å². The molecule has 0 radical (unpaired) electrons. The molecule has 0 saturated heterocycles. The summed E-state index contributed by atoms with van der Waals surface area (Å²) in [4.78, 5) is 19.8. The highest BCUT2D eigenvalue weighted by Gasteiger charge is 2.15. The van der Waals surface area contributed by atoms with Gasteiger partial charge in [-0.05, 0) is 18.6 Å². The molecule has 0 aliphatic rings. The van der Waals surface area contributed by atoms with Gasteiger partial charge in [0.25, 0.3) is 0 Å². The van der Waals surface area contributed by atoms with Crippen LogP contribution in [-0.2, 0) is 4.79 Å². The van der Waals surface area contributed by atoms with Gasteiger partial charge in [0.15, 0.2) is 0 Å². The maximum atomic E-state index is 12.0. The van der Waals surface area contributed by atoms with Crippen LogP contribution in [0.2, 0.25) is 5.15 Å². The molecule has 1 atom stereocenters. The highest BCUT2D eigenvalue weighted by atomic mass is 35.5. The second-order valence-corrected chi connectivity index (χ2v) is 4.21. The van der Waals surface area contributed by atoms with Crippen LogP contribution in [0, 0.1) is 0 Å². The first-order valence-electron chi connectivity index (χ1n) is 5.51. The SMILES string of the molecule is CC(C(=O)Nc1nccc(Cl)n1)c1ccccc1. The van der Waals surface area contributed by atoms with Gasteiger partial charge in [-0.2, -0.15) is 0 Å². The number of carbonyl (C=O) groups is 1. The van der Waals surface area contributed by atoms with Gasteiger partial charge < -0.3 is 0 Å². The van der Waals surface area contributed by atoms with E-state index in [1.807, 2.05) is 37.3 Å². The lowest BCUT2D eigenvalue weighted by Gasteiger charge is -2.11. The summed E-state index contributed by atoms with van der Waals surface area (Å²) in [6.45, 7) is 1.83. The monoisotopic (exact) mass is 261 g/mol. The molecule has 0 aliphatic heterocycles. The van der Waals surface area contributed by atoms with Crippen LogP contribution in [0.5, 0.6) is 0 Å². The molecule has 0 bridgehead atoms. The zero-order valence-electron chi connectivity index (χ0n) is 9.80. The van der Waals surface area contributed by atoms with E-state index in [2.05, 4.69) is 15.3 Å². The Hall–Kier alpha value is -1.94. The molecule has 1 amide bonds. The Morgan fingerprint density at radius 3 is 2.67 bits per heavy atom. The number of benzene rings is 1. The molecule has 0 spiro atoms. The summed E-state index contributed by atoms with van der Waals surface area (Å²) in [5.41, 5.74) is 0.942. The van der Waals surface area contributed by atoms with Crippen molar-refractivity contribution in [2.24, 2.45) is 0 Å². The first-order valence-corrected chi connectivity index (χ1v) is 5.89. The first kappa shape index (κ1) is 12.5. The van der Waals surface area contributed by atoms with Crippen molar-refractivity contribution in [1.82, 2.24) is 9.97 Å². The number of nitrogens with one attached hydrogen (secondary N) is 1. The second-order valence-electron chi connectivity index (χ2n) is 3.82. The number of carbonyl (C=O) groups excluding carboxylic acids is 1. The van der Waals surface area contributed by atoms with E-state index in [1.54, 1.807) is 6.07 Å². The topological polar surface area (TPSA) is 54.9 Å². The van der Waals surface area contributed by atoms with Crippen LogP contribution < -0.4 is 5.32 Å². The summed E-state index contributed by atoms with van der Waals surface area (Å²) in [5.74, 6) is -0.215. The van der Waals surface area contributed by atoms with Crippen LogP contribution in [0.1, 0.15) is 18.4 Å². The van der Waals surface area contributed by atoms with Crippen LogP contribution in [0.3, 0.4) is 0 Å². The van der Waals surface area contributed by atoms with E-state index in [4.69, 9.17) is 11.6 Å². The van der Waals surface area contributed by atoms with Crippen LogP contribution in [-0.4, -0.2) is 15.9 Å². The molecule has 5 heteroatoms. The van der Waals surface area contributed by atoms with Crippen molar-refractivity contribution >= 4 is 23.5 Å². The highest BCUT2D eigenvalue weighted by molar-refractivity contribution is 6.29. The summed E-state index contributed by atoms with van der Waals surface area (Å²) >= 11 is 5.72. The van der Waals surface area contributed by atoms with Crippen molar-refractivity contribution < 1.29 is 4.79 Å². The third kappa shape index (κ3) is 3.05. The van der Waals surface area contributed by atoms with Gasteiger partial charge in [-0.15, -0.1) is 0 Å². The van der Waals surface area contributed by atoms with Gasteiger partial charge in [-0.1, -0.05) is 41.9 Å². The third-order valence-electron chi connectivity index (χ3n) is 2.55. The highest BCUT2D eigenvalue weighted by Crippen LogP contribution is 2.16. The van der Waals surface area contributed by atoms with Crippen molar-refractivity contribution in [1.29, 1.82) is 0 Å². The predicted octanol–water partition coefficient (Wildman–Crippen LogP) is 2.87. The smallest absolute Gasteiger partial charge is 0.233 e. The van der Waals surface area contributed by atoms with E-state index >= 15 is 0 Å². The summed E-state index contributed by atoms with van der Waals surface area (Å²) in [6, 6.07) is 11.1. The minimum atomic E-state index is -0.270. The molecule has 1 aromatic heterocycles. The van der Waals surface area contributed by atoms with Crippen molar-refractivity contribution in [3.05, 3.63) is 53.3 Å². The lowest BCUT2D eigenvalue weighted by molar-refractivity contribution is -0.117. The molecule has 1 unspecified atom stereocenters. The zero-order chi connectivity index (χ0) is 13.0. The Kier molecular flexibility index (Phi) is 3.89. The summed E-state index contributed by atoms with van der Waals surface area (Å²) in [5, 5.41) is 2.93. The van der Waals surface area contributed by atoms with E-state index in [1.165, 1.54) is 6.20 Å². The van der Waals surface area contributed by atoms with Crippen LogP contribution in [0.25, 0.3) is 0 Å². The molecular weight excluding hydrogens is 250 g/mol. The molecule has 2 aromatic rings. The van der Waals surface area contributed by atoms with Crippen molar-refractivity contribution in [3.63, 3.8) is 0 Å². The molecule has 1 heterocycles. The van der Waals surface area contributed by atoms with Gasteiger partial charge >= 0.3 is 0 Å². The molecule has 1 aromatic carbocycles. The van der Waals surface area contributed by atoms with Gasteiger partial charge in [0.2, 0.25) is 11.9 Å². The predicted molar refractivity (Wildman–Crippen MR) is 70.5 cm³/mol. The number of hydrogen-bond acceptors (Lipinski definition) is 3. The Morgan fingerprint density at radius 2 is 2.00 bits per heavy atom. The lowest BCUT2D eigenvalue weighted by Crippen LogP contribution is -2.20. The minimum Gasteiger partial charge on any atom is -0.294 e. The van der Waals surface area contributed by atoms with E-state index in [0.29, 0.717) is 5.15 Å². The molecular formula is C13H12ClN3O. The number of amides is 1. The quantitative estimate of drug-likeness (QED) is 0.865. The molecule has 1 N–H and O–H groups in total. The van der Waals surface area contributed by atoms with E-state index < -0.39 is 0 Å². The average molecular weight is 262 g/mol. The second kappa shape index (κ2) is 5.60. The largest absolute Gasteiger partial charge is 0.294 e. The van der Waals surface area contributed by atoms with Crippen molar-refractivity contribution in [2.45, 2.75) is 12.8 Å². The third-order valence-corrected chi connectivity index (χ3v) is 2.76. The molecule has 2 rings (SSSR count). The van der Waals surface area contributed by atoms with Crippen LogP contribution in [0.15, 0.2) is 42.6 Å². The number of aromatic nitrogens is 2. The van der Waals surface area contributed by atoms with Crippen LogP contribution in [0.4, 0.5) is 5.95 Å². The summed E-state index contributed by atoms with van der Waals surface area (Å²) < 4.78 is 0. The Morgan fingerprint density at radius 1 is 1.28 bits per heavy atom. The van der Waals surface area contributed by atoms with E-state index in [0.717, 1.165) is 5.56 Å². The minimum absolute atomic E-state index is 0.163. The number of halogens is 1. The number of anilines is 1. The van der Waals surface area contributed by atoms with Gasteiger partial charge in [0.05, 0.1) is 5.92 Å². The Bertz CT molecular complexity index is 545. The normalized spacial score (nSPS) is 11.9. The fraction of sp³-hybridized carbons (Fsp3) is 0.154. The average Bonchev–Trinajstić information content (AvgIpc) is 2.39. The molecule has 0 fully saturated rings. The zero-order valence-corrected chi connectivity index (χ0v) is 10.6. The lowest BCUT2D eigenvalue weighted by atomic mass is 10.0. The summed E-state index contributed by atoms with van der Waals surface area (Å²) in [7, 11) is 0. The Balaban J connectivity index is 2.09. The molecule has 0 saturated carbocycles. The molecule has 92 valence electrons. The van der Waals surface area contributed by atoms with Gasteiger partial charge in [0.1, 0.15) is 5.15 Å². The van der Waals surface area contributed by atoms with Gasteiger partial charge in [-0.3, -0.25) is 10.1 Å². The Labute approximate surface area is 110 Å². The van der Waals surface area contributed by atoms with E-state index in [-0.39, 0.29) is 17.8 Å². The number of rotatable bonds is 3. The number of nitrogens with zero attached hydrogens (tertiary/aromatic N) is 2. The van der Waals surface area contributed by atoms with E-state index in [9.17, 15) is 4.79 Å².